The SMILES string of the molecule is COCCNC(=O)COc1ccc(CCN)cc1Br. The van der Waals surface area contributed by atoms with Crippen LogP contribution in [-0.2, 0) is 16.0 Å². The molecule has 5 nitrogen and oxygen atoms in total. The Morgan fingerprint density at radius 3 is 2.89 bits per heavy atom. The van der Waals surface area contributed by atoms with Gasteiger partial charge in [0.1, 0.15) is 5.75 Å². The summed E-state index contributed by atoms with van der Waals surface area (Å²) in [6, 6.07) is 5.72. The average Bonchev–Trinajstić information content (AvgIpc) is 2.38. The number of hydrogen-bond donors (Lipinski definition) is 2. The van der Waals surface area contributed by atoms with E-state index in [1.807, 2.05) is 18.2 Å². The van der Waals surface area contributed by atoms with Crippen molar-refractivity contribution >= 4 is 21.8 Å². The molecule has 1 amide bonds. The van der Waals surface area contributed by atoms with Gasteiger partial charge in [-0.3, -0.25) is 4.79 Å². The van der Waals surface area contributed by atoms with Crippen molar-refractivity contribution in [1.82, 2.24) is 5.32 Å². The number of carbonyl (C=O) groups is 1. The highest BCUT2D eigenvalue weighted by Gasteiger charge is 2.06. The summed E-state index contributed by atoms with van der Waals surface area (Å²) >= 11 is 3.41. The van der Waals surface area contributed by atoms with Crippen LogP contribution in [0.3, 0.4) is 0 Å². The fourth-order valence-corrected chi connectivity index (χ4v) is 2.01. The van der Waals surface area contributed by atoms with Gasteiger partial charge in [-0.2, -0.15) is 0 Å². The summed E-state index contributed by atoms with van der Waals surface area (Å²) in [6.07, 6.45) is 0.816. The van der Waals surface area contributed by atoms with E-state index >= 15 is 0 Å². The first kappa shape index (κ1) is 15.9. The van der Waals surface area contributed by atoms with Crippen LogP contribution in [0.2, 0.25) is 0 Å². The molecule has 1 aromatic rings. The molecule has 0 spiro atoms. The zero-order chi connectivity index (χ0) is 14.1. The maximum absolute atomic E-state index is 11.4. The Bertz CT molecular complexity index is 413. The van der Waals surface area contributed by atoms with E-state index in [1.54, 1.807) is 7.11 Å². The van der Waals surface area contributed by atoms with E-state index in [1.165, 1.54) is 0 Å². The Hall–Kier alpha value is -1.11. The highest BCUT2D eigenvalue weighted by atomic mass is 79.9. The molecule has 0 atom stereocenters. The van der Waals surface area contributed by atoms with E-state index in [-0.39, 0.29) is 12.5 Å². The smallest absolute Gasteiger partial charge is 0.258 e. The maximum atomic E-state index is 11.4. The number of ether oxygens (including phenoxy) is 2. The maximum Gasteiger partial charge on any atom is 0.258 e. The summed E-state index contributed by atoms with van der Waals surface area (Å²) in [6.45, 7) is 1.56. The predicted octanol–water partition coefficient (Wildman–Crippen LogP) is 1.09. The number of nitrogens with one attached hydrogen (secondary N) is 1. The lowest BCUT2D eigenvalue weighted by Gasteiger charge is -2.10. The van der Waals surface area contributed by atoms with Crippen LogP contribution in [0.4, 0.5) is 0 Å². The van der Waals surface area contributed by atoms with E-state index in [0.717, 1.165) is 16.5 Å². The third-order valence-electron chi connectivity index (χ3n) is 2.42. The van der Waals surface area contributed by atoms with Crippen molar-refractivity contribution in [3.8, 4) is 5.75 Å². The lowest BCUT2D eigenvalue weighted by atomic mass is 10.1. The first-order chi connectivity index (χ1) is 9.17. The van der Waals surface area contributed by atoms with Gasteiger partial charge in [-0.1, -0.05) is 6.07 Å². The van der Waals surface area contributed by atoms with Crippen LogP contribution in [-0.4, -0.2) is 39.3 Å². The topological polar surface area (TPSA) is 73.6 Å². The molecule has 106 valence electrons. The van der Waals surface area contributed by atoms with Crippen LogP contribution in [0.1, 0.15) is 5.56 Å². The van der Waals surface area contributed by atoms with Crippen molar-refractivity contribution in [2.75, 3.05) is 33.4 Å². The van der Waals surface area contributed by atoms with Crippen LogP contribution >= 0.6 is 15.9 Å². The quantitative estimate of drug-likeness (QED) is 0.700. The molecule has 1 rings (SSSR count). The Morgan fingerprint density at radius 1 is 1.47 bits per heavy atom. The molecule has 3 N–H and O–H groups in total. The molecule has 0 aromatic heterocycles. The van der Waals surface area contributed by atoms with Crippen molar-refractivity contribution in [3.05, 3.63) is 28.2 Å². The molecular formula is C13H19BrN2O3. The fraction of sp³-hybridized carbons (Fsp3) is 0.462. The summed E-state index contributed by atoms with van der Waals surface area (Å²) in [5.74, 6) is 0.470. The number of nitrogens with two attached hydrogens (primary N) is 1. The zero-order valence-corrected chi connectivity index (χ0v) is 12.5. The monoisotopic (exact) mass is 330 g/mol. The molecule has 1 aromatic carbocycles. The van der Waals surface area contributed by atoms with Gasteiger partial charge in [0.15, 0.2) is 6.61 Å². The molecule has 0 unspecified atom stereocenters. The number of benzene rings is 1. The van der Waals surface area contributed by atoms with Crippen LogP contribution < -0.4 is 15.8 Å². The minimum atomic E-state index is -0.171. The number of methoxy groups -OCH3 is 1. The number of halogens is 1. The van der Waals surface area contributed by atoms with Gasteiger partial charge >= 0.3 is 0 Å². The van der Waals surface area contributed by atoms with Crippen LogP contribution in [0.15, 0.2) is 22.7 Å². The van der Waals surface area contributed by atoms with Crippen molar-refractivity contribution < 1.29 is 14.3 Å². The lowest BCUT2D eigenvalue weighted by molar-refractivity contribution is -0.123. The molecule has 0 aliphatic carbocycles. The van der Waals surface area contributed by atoms with Gasteiger partial charge in [0.05, 0.1) is 11.1 Å². The van der Waals surface area contributed by atoms with Crippen molar-refractivity contribution in [1.29, 1.82) is 0 Å². The van der Waals surface area contributed by atoms with Crippen LogP contribution in [0, 0.1) is 0 Å². The summed E-state index contributed by atoms with van der Waals surface area (Å²) < 4.78 is 11.1. The molecule has 19 heavy (non-hydrogen) atoms. The molecule has 0 heterocycles. The molecular weight excluding hydrogens is 312 g/mol. The average molecular weight is 331 g/mol. The minimum absolute atomic E-state index is 0.0153. The Kier molecular flexibility index (Phi) is 7.47. The largest absolute Gasteiger partial charge is 0.483 e. The molecule has 0 saturated heterocycles. The Balaban J connectivity index is 2.42. The number of carbonyl (C=O) groups excluding carboxylic acids is 1. The van der Waals surface area contributed by atoms with Crippen LogP contribution in [0.25, 0.3) is 0 Å². The first-order valence-corrected chi connectivity index (χ1v) is 6.83. The van der Waals surface area contributed by atoms with E-state index in [9.17, 15) is 4.79 Å². The summed E-state index contributed by atoms with van der Waals surface area (Å²) in [5.41, 5.74) is 6.63. The van der Waals surface area contributed by atoms with E-state index < -0.39 is 0 Å². The number of amides is 1. The van der Waals surface area contributed by atoms with E-state index in [0.29, 0.717) is 25.4 Å². The van der Waals surface area contributed by atoms with Crippen LogP contribution in [0.5, 0.6) is 5.75 Å². The van der Waals surface area contributed by atoms with Gasteiger partial charge in [-0.25, -0.2) is 0 Å². The lowest BCUT2D eigenvalue weighted by Crippen LogP contribution is -2.31. The number of hydrogen-bond acceptors (Lipinski definition) is 4. The Morgan fingerprint density at radius 2 is 2.26 bits per heavy atom. The highest BCUT2D eigenvalue weighted by Crippen LogP contribution is 2.26. The van der Waals surface area contributed by atoms with Gasteiger partial charge in [0.2, 0.25) is 0 Å². The van der Waals surface area contributed by atoms with Gasteiger partial charge in [0, 0.05) is 13.7 Å². The van der Waals surface area contributed by atoms with Gasteiger partial charge < -0.3 is 20.5 Å². The molecule has 0 aliphatic heterocycles. The highest BCUT2D eigenvalue weighted by molar-refractivity contribution is 9.10. The standard InChI is InChI=1S/C13H19BrN2O3/c1-18-7-6-16-13(17)9-19-12-3-2-10(4-5-15)8-11(12)14/h2-3,8H,4-7,9,15H2,1H3,(H,16,17). The van der Waals surface area contributed by atoms with Crippen molar-refractivity contribution in [3.63, 3.8) is 0 Å². The zero-order valence-electron chi connectivity index (χ0n) is 10.9. The molecule has 0 radical (unpaired) electrons. The van der Waals surface area contributed by atoms with Crippen molar-refractivity contribution in [2.24, 2.45) is 5.73 Å². The summed E-state index contributed by atoms with van der Waals surface area (Å²) in [4.78, 5) is 11.4. The van der Waals surface area contributed by atoms with Gasteiger partial charge in [0.25, 0.3) is 5.91 Å². The van der Waals surface area contributed by atoms with Gasteiger partial charge in [-0.15, -0.1) is 0 Å². The summed E-state index contributed by atoms with van der Waals surface area (Å²) in [7, 11) is 1.59. The molecule has 6 heteroatoms. The third-order valence-corrected chi connectivity index (χ3v) is 3.04. The van der Waals surface area contributed by atoms with E-state index in [4.69, 9.17) is 15.2 Å². The van der Waals surface area contributed by atoms with E-state index in [2.05, 4.69) is 21.2 Å². The van der Waals surface area contributed by atoms with Gasteiger partial charge in [-0.05, 0) is 46.6 Å². The molecule has 0 saturated carbocycles. The first-order valence-electron chi connectivity index (χ1n) is 6.04. The normalized spacial score (nSPS) is 10.3. The molecule has 0 aliphatic rings. The minimum Gasteiger partial charge on any atom is -0.483 e. The Labute approximate surface area is 121 Å². The predicted molar refractivity (Wildman–Crippen MR) is 77.3 cm³/mol. The molecule has 0 fully saturated rings. The second-order valence-corrected chi connectivity index (χ2v) is 4.79. The third kappa shape index (κ3) is 6.04. The number of rotatable bonds is 8. The fourth-order valence-electron chi connectivity index (χ4n) is 1.47. The second kappa shape index (κ2) is 8.90. The summed E-state index contributed by atoms with van der Waals surface area (Å²) in [5, 5.41) is 2.68. The van der Waals surface area contributed by atoms with Crippen molar-refractivity contribution in [2.45, 2.75) is 6.42 Å². The molecule has 0 bridgehead atoms. The second-order valence-electron chi connectivity index (χ2n) is 3.93.